The van der Waals surface area contributed by atoms with Crippen molar-refractivity contribution in [3.05, 3.63) is 23.8 Å². The lowest BCUT2D eigenvalue weighted by Gasteiger charge is -1.94. The Balaban J connectivity index is 2.48. The molecule has 0 fully saturated rings. The molecule has 56 valence electrons. The molecule has 1 heterocycles. The maximum Gasteiger partial charge on any atom is 0.353 e. The van der Waals surface area contributed by atoms with Crippen molar-refractivity contribution in [1.82, 2.24) is 0 Å². The van der Waals surface area contributed by atoms with E-state index in [0.717, 1.165) is 18.7 Å². The summed E-state index contributed by atoms with van der Waals surface area (Å²) in [5.41, 5.74) is 2.55. The van der Waals surface area contributed by atoms with Crippen LogP contribution in [0.5, 0.6) is 5.75 Å². The molecule has 0 unspecified atom stereocenters. The van der Waals surface area contributed by atoms with Gasteiger partial charge in [-0.1, -0.05) is 0 Å². The summed E-state index contributed by atoms with van der Waals surface area (Å²) < 4.78 is 4.85. The molecule has 1 N–H and O–H groups in total. The molecule has 0 atom stereocenters. The van der Waals surface area contributed by atoms with E-state index in [1.165, 1.54) is 11.3 Å². The van der Waals surface area contributed by atoms with E-state index in [0.29, 0.717) is 0 Å². The number of benzene rings is 1. The van der Waals surface area contributed by atoms with Gasteiger partial charge in [-0.2, -0.15) is 0 Å². The largest absolute Gasteiger partial charge is 0.384 e. The molecule has 2 rings (SSSR count). The quantitative estimate of drug-likeness (QED) is 0.602. The van der Waals surface area contributed by atoms with Crippen LogP contribution >= 0.6 is 0 Å². The van der Waals surface area contributed by atoms with Crippen LogP contribution in [0.3, 0.4) is 0 Å². The number of carbonyl (C=O) groups excluding carboxylic acids is 1. The van der Waals surface area contributed by atoms with Crippen molar-refractivity contribution in [2.75, 3.05) is 11.9 Å². The Morgan fingerprint density at radius 2 is 2.36 bits per heavy atom. The zero-order chi connectivity index (χ0) is 7.68. The Hall–Kier alpha value is -1.31. The number of fused-ring (bicyclic) bond motifs is 1. The van der Waals surface area contributed by atoms with Gasteiger partial charge in [0.2, 0.25) is 0 Å². The molecule has 2 heteroatoms. The minimum atomic E-state index is 0.818. The molecule has 0 aliphatic carbocycles. The number of hydrogen-bond donors (Lipinski definition) is 1. The fourth-order valence-electron chi connectivity index (χ4n) is 1.36. The van der Waals surface area contributed by atoms with Crippen LogP contribution in [0.15, 0.2) is 18.2 Å². The molecule has 0 aromatic heterocycles. The average Bonchev–Trinajstić information content (AvgIpc) is 2.50. The third-order valence-electron chi connectivity index (χ3n) is 1.96. The van der Waals surface area contributed by atoms with Crippen molar-refractivity contribution in [2.24, 2.45) is 0 Å². The van der Waals surface area contributed by atoms with Crippen LogP contribution in [-0.2, 0) is 10.8 Å². The highest BCUT2D eigenvalue weighted by atomic mass is 16.4. The summed E-state index contributed by atoms with van der Waals surface area (Å²) in [6, 6.07) is 6.00. The molecule has 1 aromatic carbocycles. The number of hydrogen-bond acceptors (Lipinski definition) is 1. The predicted molar refractivity (Wildman–Crippen MR) is 45.2 cm³/mol. The van der Waals surface area contributed by atoms with Gasteiger partial charge in [-0.25, -0.2) is 4.42 Å². The van der Waals surface area contributed by atoms with Crippen LogP contribution in [0.2, 0.25) is 0 Å². The Morgan fingerprint density at radius 3 is 3.18 bits per heavy atom. The molecule has 0 bridgehead atoms. The first kappa shape index (κ1) is 6.40. The highest BCUT2D eigenvalue weighted by molar-refractivity contribution is 5.58. The molecule has 1 aliphatic rings. The van der Waals surface area contributed by atoms with E-state index in [9.17, 15) is 0 Å². The minimum Gasteiger partial charge on any atom is -0.384 e. The summed E-state index contributed by atoms with van der Waals surface area (Å²) in [5.74, 6) is 0.818. The van der Waals surface area contributed by atoms with E-state index in [-0.39, 0.29) is 0 Å². The Morgan fingerprint density at radius 1 is 1.45 bits per heavy atom. The lowest BCUT2D eigenvalue weighted by atomic mass is 10.2. The van der Waals surface area contributed by atoms with Gasteiger partial charge in [0.25, 0.3) is 6.79 Å². The van der Waals surface area contributed by atoms with Gasteiger partial charge in [0, 0.05) is 18.3 Å². The zero-order valence-electron chi connectivity index (χ0n) is 6.26. The molecular weight excluding hydrogens is 138 g/mol. The topological polar surface area (TPSA) is 23.3 Å². The number of nitrogens with one attached hydrogen (secondary N) is 1. The van der Waals surface area contributed by atoms with Crippen LogP contribution in [0.4, 0.5) is 5.69 Å². The Labute approximate surface area is 65.6 Å². The van der Waals surface area contributed by atoms with E-state index in [2.05, 4.69) is 18.2 Å². The van der Waals surface area contributed by atoms with Crippen molar-refractivity contribution in [3.8, 4) is 5.75 Å². The molecule has 0 spiro atoms. The van der Waals surface area contributed by atoms with Gasteiger partial charge in [-0.3, -0.25) is 0 Å². The number of rotatable bonds is 1. The molecule has 0 saturated carbocycles. The summed E-state index contributed by atoms with van der Waals surface area (Å²) in [5, 5.41) is 3.27. The minimum absolute atomic E-state index is 0.818. The van der Waals surface area contributed by atoms with Crippen molar-refractivity contribution in [1.29, 1.82) is 0 Å². The molecule has 0 radical (unpaired) electrons. The normalized spacial score (nSPS) is 13.8. The molecule has 1 aromatic rings. The van der Waals surface area contributed by atoms with E-state index in [1.807, 2.05) is 12.1 Å². The van der Waals surface area contributed by atoms with Gasteiger partial charge in [-0.15, -0.1) is 0 Å². The molecule has 0 saturated heterocycles. The second-order valence-electron chi connectivity index (χ2n) is 2.64. The third kappa shape index (κ3) is 1.00. The Bertz CT molecular complexity index is 294. The Kier molecular flexibility index (Phi) is 1.39. The van der Waals surface area contributed by atoms with Crippen molar-refractivity contribution < 1.29 is 4.42 Å². The first-order chi connectivity index (χ1) is 5.40. The zero-order valence-corrected chi connectivity index (χ0v) is 6.26. The highest BCUT2D eigenvalue weighted by Gasteiger charge is 2.12. The summed E-state index contributed by atoms with van der Waals surface area (Å²) in [7, 11) is 0. The smallest absolute Gasteiger partial charge is 0.353 e. The van der Waals surface area contributed by atoms with Crippen LogP contribution in [-0.4, -0.2) is 13.3 Å². The van der Waals surface area contributed by atoms with Crippen LogP contribution in [0, 0.1) is 0 Å². The molecule has 0 amide bonds. The highest BCUT2D eigenvalue weighted by Crippen LogP contribution is 2.26. The molecule has 11 heavy (non-hydrogen) atoms. The lowest BCUT2D eigenvalue weighted by molar-refractivity contribution is -0.354. The van der Waals surface area contributed by atoms with Crippen LogP contribution in [0.1, 0.15) is 5.56 Å². The average molecular weight is 148 g/mol. The summed E-state index contributed by atoms with van der Waals surface area (Å²) in [6.07, 6.45) is 1.12. The summed E-state index contributed by atoms with van der Waals surface area (Å²) >= 11 is 0. The fourth-order valence-corrected chi connectivity index (χ4v) is 1.36. The molecular formula is C9H10NO+. The fraction of sp³-hybridized carbons (Fsp3) is 0.222. The summed E-state index contributed by atoms with van der Waals surface area (Å²) in [6.45, 7) is 4.39. The standard InChI is InChI=1S/C9H10NO/c1-11-8-3-2-7-4-5-10-9(7)6-8/h2-3,6,10H,1,4-5H2/q+1. The summed E-state index contributed by atoms with van der Waals surface area (Å²) in [4.78, 5) is 0. The lowest BCUT2D eigenvalue weighted by Crippen LogP contribution is -1.90. The van der Waals surface area contributed by atoms with E-state index < -0.39 is 0 Å². The number of anilines is 1. The van der Waals surface area contributed by atoms with E-state index in [4.69, 9.17) is 4.42 Å². The second kappa shape index (κ2) is 2.38. The predicted octanol–water partition coefficient (Wildman–Crippen LogP) is 1.73. The first-order valence-corrected chi connectivity index (χ1v) is 3.69. The second-order valence-corrected chi connectivity index (χ2v) is 2.64. The van der Waals surface area contributed by atoms with Crippen LogP contribution < -0.4 is 5.32 Å². The van der Waals surface area contributed by atoms with E-state index >= 15 is 0 Å². The molecule has 2 nitrogen and oxygen atoms in total. The molecule has 1 aliphatic heterocycles. The van der Waals surface area contributed by atoms with Crippen molar-refractivity contribution in [3.63, 3.8) is 0 Å². The van der Waals surface area contributed by atoms with Crippen LogP contribution in [0.25, 0.3) is 0 Å². The maximum absolute atomic E-state index is 4.85. The van der Waals surface area contributed by atoms with Crippen molar-refractivity contribution in [2.45, 2.75) is 6.42 Å². The first-order valence-electron chi connectivity index (χ1n) is 3.69. The third-order valence-corrected chi connectivity index (χ3v) is 1.96. The van der Waals surface area contributed by atoms with Gasteiger partial charge in [0.1, 0.15) is 0 Å². The van der Waals surface area contributed by atoms with E-state index in [1.54, 1.807) is 0 Å². The van der Waals surface area contributed by atoms with Gasteiger partial charge in [0.15, 0.2) is 0 Å². The van der Waals surface area contributed by atoms with Gasteiger partial charge >= 0.3 is 5.75 Å². The van der Waals surface area contributed by atoms with Gasteiger partial charge in [0.05, 0.1) is 6.07 Å². The maximum atomic E-state index is 4.85. The van der Waals surface area contributed by atoms with Crippen molar-refractivity contribution >= 4 is 12.5 Å². The SMILES string of the molecule is C=[O+]c1ccc2c(c1)NCC2. The monoisotopic (exact) mass is 148 g/mol. The van der Waals surface area contributed by atoms with Gasteiger partial charge in [-0.05, 0) is 18.1 Å². The van der Waals surface area contributed by atoms with Gasteiger partial charge < -0.3 is 5.32 Å².